The molecular formula is C24H26N2O7. The Kier molecular flexibility index (Phi) is 6.50. The van der Waals surface area contributed by atoms with Crippen LogP contribution >= 0.6 is 0 Å². The topological polar surface area (TPSA) is 98.0 Å². The normalized spacial score (nSPS) is 15.5. The molecule has 1 saturated heterocycles. The van der Waals surface area contributed by atoms with E-state index in [4.69, 9.17) is 18.9 Å². The van der Waals surface area contributed by atoms with Gasteiger partial charge in [-0.1, -0.05) is 12.1 Å². The predicted molar refractivity (Wildman–Crippen MR) is 122 cm³/mol. The van der Waals surface area contributed by atoms with Crippen LogP contribution in [0.2, 0.25) is 0 Å². The lowest BCUT2D eigenvalue weighted by atomic mass is 10.1. The number of aromatic nitrogens is 2. The van der Waals surface area contributed by atoms with Crippen molar-refractivity contribution in [2.75, 3.05) is 27.9 Å². The summed E-state index contributed by atoms with van der Waals surface area (Å²) < 4.78 is 24.0. The van der Waals surface area contributed by atoms with E-state index in [9.17, 15) is 14.4 Å². The summed E-state index contributed by atoms with van der Waals surface area (Å²) in [6, 6.07) is 9.79. The van der Waals surface area contributed by atoms with Gasteiger partial charge in [-0.25, -0.2) is 4.79 Å². The molecule has 174 valence electrons. The fraction of sp³-hybridized carbons (Fsp3) is 0.375. The number of fused-ring (bicyclic) bond motifs is 1. The maximum absolute atomic E-state index is 13.5. The first-order valence-corrected chi connectivity index (χ1v) is 10.6. The standard InChI is InChI=1S/C24H26N2O7/c1-30-16-7-4-6-15(10-16)20(27)14-25-19-12-22(32-3)21(31-2)11-18(19)23(28)26(24(25)29)13-17-8-5-9-33-17/h4,6-7,10-12,17H,5,8-9,13-14H2,1-3H3. The Labute approximate surface area is 190 Å². The van der Waals surface area contributed by atoms with Crippen LogP contribution in [0.25, 0.3) is 10.9 Å². The van der Waals surface area contributed by atoms with Crippen molar-refractivity contribution in [2.24, 2.45) is 0 Å². The van der Waals surface area contributed by atoms with E-state index in [2.05, 4.69) is 0 Å². The Balaban J connectivity index is 1.88. The van der Waals surface area contributed by atoms with E-state index >= 15 is 0 Å². The largest absolute Gasteiger partial charge is 0.497 e. The minimum atomic E-state index is -0.577. The third-order valence-corrected chi connectivity index (χ3v) is 5.83. The molecule has 1 aliphatic heterocycles. The van der Waals surface area contributed by atoms with Crippen molar-refractivity contribution in [2.45, 2.75) is 32.0 Å². The molecule has 0 spiro atoms. The summed E-state index contributed by atoms with van der Waals surface area (Å²) in [6.45, 7) is 0.458. The number of hydrogen-bond donors (Lipinski definition) is 0. The fourth-order valence-electron chi connectivity index (χ4n) is 4.08. The minimum absolute atomic E-state index is 0.120. The zero-order valence-electron chi connectivity index (χ0n) is 18.8. The third kappa shape index (κ3) is 4.36. The molecular weight excluding hydrogens is 428 g/mol. The van der Waals surface area contributed by atoms with Crippen LogP contribution in [0.4, 0.5) is 0 Å². The molecule has 0 aliphatic carbocycles. The van der Waals surface area contributed by atoms with Gasteiger partial charge in [0, 0.05) is 18.2 Å². The smallest absolute Gasteiger partial charge is 0.331 e. The molecule has 33 heavy (non-hydrogen) atoms. The van der Waals surface area contributed by atoms with E-state index in [0.29, 0.717) is 34.9 Å². The van der Waals surface area contributed by atoms with Gasteiger partial charge >= 0.3 is 5.69 Å². The lowest BCUT2D eigenvalue weighted by Crippen LogP contribution is -2.43. The van der Waals surface area contributed by atoms with Crippen molar-refractivity contribution in [3.05, 3.63) is 62.8 Å². The molecule has 1 atom stereocenters. The fourth-order valence-corrected chi connectivity index (χ4v) is 4.08. The highest BCUT2D eigenvalue weighted by Gasteiger charge is 2.23. The van der Waals surface area contributed by atoms with Gasteiger partial charge < -0.3 is 18.9 Å². The molecule has 4 rings (SSSR count). The zero-order valence-corrected chi connectivity index (χ0v) is 18.8. The molecule has 2 heterocycles. The number of benzene rings is 2. The first kappa shape index (κ1) is 22.6. The lowest BCUT2D eigenvalue weighted by molar-refractivity contribution is 0.0939. The molecule has 0 amide bonds. The zero-order chi connectivity index (χ0) is 23.5. The van der Waals surface area contributed by atoms with Crippen LogP contribution in [0, 0.1) is 0 Å². The molecule has 9 heteroatoms. The Morgan fingerprint density at radius 1 is 1.03 bits per heavy atom. The number of hydrogen-bond acceptors (Lipinski definition) is 7. The quantitative estimate of drug-likeness (QED) is 0.482. The monoisotopic (exact) mass is 454 g/mol. The van der Waals surface area contributed by atoms with Gasteiger partial charge in [0.25, 0.3) is 5.56 Å². The molecule has 0 bridgehead atoms. The predicted octanol–water partition coefficient (Wildman–Crippen LogP) is 2.25. The number of rotatable bonds is 8. The number of nitrogens with zero attached hydrogens (tertiary/aromatic N) is 2. The van der Waals surface area contributed by atoms with Gasteiger partial charge in [0.15, 0.2) is 17.3 Å². The summed E-state index contributed by atoms with van der Waals surface area (Å²) in [5.41, 5.74) is -0.350. The van der Waals surface area contributed by atoms with Crippen LogP contribution in [-0.4, -0.2) is 49.0 Å². The SMILES string of the molecule is COc1cccc(C(=O)Cn2c(=O)n(CC3CCCO3)c(=O)c3cc(OC)c(OC)cc32)c1. The number of carbonyl (C=O) groups is 1. The lowest BCUT2D eigenvalue weighted by Gasteiger charge is -2.17. The van der Waals surface area contributed by atoms with E-state index in [1.54, 1.807) is 30.3 Å². The molecule has 1 aromatic heterocycles. The second-order valence-corrected chi connectivity index (χ2v) is 7.80. The maximum Gasteiger partial charge on any atom is 0.331 e. The van der Waals surface area contributed by atoms with Crippen molar-refractivity contribution in [1.29, 1.82) is 0 Å². The van der Waals surface area contributed by atoms with Gasteiger partial charge in [0.1, 0.15) is 5.75 Å². The van der Waals surface area contributed by atoms with Crippen LogP contribution in [0.15, 0.2) is 46.0 Å². The highest BCUT2D eigenvalue weighted by molar-refractivity contribution is 5.97. The van der Waals surface area contributed by atoms with Crippen LogP contribution in [0.1, 0.15) is 23.2 Å². The highest BCUT2D eigenvalue weighted by atomic mass is 16.5. The van der Waals surface area contributed by atoms with Crippen LogP contribution in [0.3, 0.4) is 0 Å². The summed E-state index contributed by atoms with van der Waals surface area (Å²) >= 11 is 0. The summed E-state index contributed by atoms with van der Waals surface area (Å²) in [7, 11) is 4.45. The summed E-state index contributed by atoms with van der Waals surface area (Å²) in [5.74, 6) is 0.945. The van der Waals surface area contributed by atoms with Gasteiger partial charge in [-0.15, -0.1) is 0 Å². The Morgan fingerprint density at radius 2 is 1.79 bits per heavy atom. The van der Waals surface area contributed by atoms with Crippen molar-refractivity contribution in [1.82, 2.24) is 9.13 Å². The summed E-state index contributed by atoms with van der Waals surface area (Å²) in [4.78, 5) is 39.9. The number of Topliss-reactive ketones (excluding diaryl/α,β-unsaturated/α-hetero) is 1. The first-order valence-electron chi connectivity index (χ1n) is 10.6. The second kappa shape index (κ2) is 9.50. The van der Waals surface area contributed by atoms with E-state index in [1.807, 2.05) is 0 Å². The number of carbonyl (C=O) groups excluding carboxylic acids is 1. The average Bonchev–Trinajstić information content (AvgIpc) is 3.36. The Hall–Kier alpha value is -3.59. The van der Waals surface area contributed by atoms with Crippen LogP contribution in [-0.2, 0) is 17.8 Å². The minimum Gasteiger partial charge on any atom is -0.497 e. The van der Waals surface area contributed by atoms with Crippen molar-refractivity contribution in [3.8, 4) is 17.2 Å². The Morgan fingerprint density at radius 3 is 2.45 bits per heavy atom. The third-order valence-electron chi connectivity index (χ3n) is 5.83. The maximum atomic E-state index is 13.5. The number of ether oxygens (including phenoxy) is 4. The molecule has 1 fully saturated rings. The molecule has 3 aromatic rings. The summed E-state index contributed by atoms with van der Waals surface area (Å²) in [5, 5.41) is 0.253. The van der Waals surface area contributed by atoms with Crippen molar-refractivity contribution in [3.63, 3.8) is 0 Å². The molecule has 2 aromatic carbocycles. The van der Waals surface area contributed by atoms with Crippen molar-refractivity contribution >= 4 is 16.7 Å². The van der Waals surface area contributed by atoms with E-state index < -0.39 is 11.2 Å². The van der Waals surface area contributed by atoms with E-state index in [0.717, 1.165) is 17.4 Å². The Bertz CT molecular complexity index is 1300. The van der Waals surface area contributed by atoms with E-state index in [-0.39, 0.29) is 30.4 Å². The second-order valence-electron chi connectivity index (χ2n) is 7.80. The first-order chi connectivity index (χ1) is 16.0. The van der Waals surface area contributed by atoms with E-state index in [1.165, 1.54) is 32.0 Å². The van der Waals surface area contributed by atoms with Crippen molar-refractivity contribution < 1.29 is 23.7 Å². The van der Waals surface area contributed by atoms with Gasteiger partial charge in [0.2, 0.25) is 0 Å². The van der Waals surface area contributed by atoms with Gasteiger partial charge in [-0.2, -0.15) is 0 Å². The number of methoxy groups -OCH3 is 3. The molecule has 9 nitrogen and oxygen atoms in total. The molecule has 0 N–H and O–H groups in total. The summed E-state index contributed by atoms with van der Waals surface area (Å²) in [6.07, 6.45) is 1.41. The number of ketones is 1. The molecule has 1 aliphatic rings. The van der Waals surface area contributed by atoms with Gasteiger partial charge in [-0.05, 0) is 31.0 Å². The molecule has 0 saturated carbocycles. The van der Waals surface area contributed by atoms with Gasteiger partial charge in [0.05, 0.1) is 51.4 Å². The van der Waals surface area contributed by atoms with Crippen LogP contribution in [0.5, 0.6) is 17.2 Å². The van der Waals surface area contributed by atoms with Gasteiger partial charge in [-0.3, -0.25) is 18.7 Å². The average molecular weight is 454 g/mol. The highest BCUT2D eigenvalue weighted by Crippen LogP contribution is 2.30. The molecule has 1 unspecified atom stereocenters. The molecule has 0 radical (unpaired) electrons. The van der Waals surface area contributed by atoms with Crippen LogP contribution < -0.4 is 25.5 Å².